The van der Waals surface area contributed by atoms with Crippen LogP contribution in [0.25, 0.3) is 10.9 Å². The molecule has 0 aliphatic rings. The van der Waals surface area contributed by atoms with Gasteiger partial charge in [0.2, 0.25) is 5.88 Å². The molecule has 0 bridgehead atoms. The van der Waals surface area contributed by atoms with Gasteiger partial charge in [-0.15, -0.1) is 5.10 Å². The largest absolute Gasteiger partial charge is 0.497 e. The monoisotopic (exact) mass is 385 g/mol. The van der Waals surface area contributed by atoms with E-state index in [2.05, 4.69) is 10.1 Å². The number of hydrogen-bond acceptors (Lipinski definition) is 6. The number of pyridine rings is 1. The fraction of sp³-hybridized carbons (Fsp3) is 0.0909. The van der Waals surface area contributed by atoms with Crippen LogP contribution in [0.5, 0.6) is 17.4 Å². The van der Waals surface area contributed by atoms with Crippen LogP contribution in [-0.2, 0) is 6.42 Å². The number of benzene rings is 2. The Bertz CT molecular complexity index is 1250. The highest BCUT2D eigenvalue weighted by Gasteiger charge is 2.08. The van der Waals surface area contributed by atoms with Crippen LogP contribution in [-0.4, -0.2) is 27.7 Å². The molecule has 0 fully saturated rings. The van der Waals surface area contributed by atoms with Gasteiger partial charge in [-0.25, -0.2) is 0 Å². The number of methoxy groups -OCH3 is 1. The van der Waals surface area contributed by atoms with Gasteiger partial charge in [-0.05, 0) is 42.0 Å². The molecule has 4 rings (SSSR count). The van der Waals surface area contributed by atoms with Gasteiger partial charge >= 0.3 is 0 Å². The summed E-state index contributed by atoms with van der Waals surface area (Å²) in [6, 6.07) is 20.1. The van der Waals surface area contributed by atoms with Crippen LogP contribution in [0, 0.1) is 10.8 Å². The van der Waals surface area contributed by atoms with E-state index in [4.69, 9.17) is 20.3 Å². The quantitative estimate of drug-likeness (QED) is 0.404. The van der Waals surface area contributed by atoms with Crippen molar-refractivity contribution in [2.45, 2.75) is 6.42 Å². The van der Waals surface area contributed by atoms with Gasteiger partial charge in [0, 0.05) is 30.1 Å². The molecule has 0 aliphatic heterocycles. The summed E-state index contributed by atoms with van der Waals surface area (Å²) in [6.45, 7) is 0. The second-order valence-corrected chi connectivity index (χ2v) is 6.40. The minimum Gasteiger partial charge on any atom is -0.497 e. The summed E-state index contributed by atoms with van der Waals surface area (Å²) in [5, 5.41) is 21.9. The van der Waals surface area contributed by atoms with Crippen molar-refractivity contribution in [3.8, 4) is 17.4 Å². The van der Waals surface area contributed by atoms with Crippen molar-refractivity contribution in [1.82, 2.24) is 14.8 Å². The maximum Gasteiger partial charge on any atom is 0.237 e. The van der Waals surface area contributed by atoms with E-state index in [1.165, 1.54) is 4.68 Å². The van der Waals surface area contributed by atoms with E-state index in [1.807, 2.05) is 42.5 Å². The van der Waals surface area contributed by atoms with Crippen molar-refractivity contribution in [1.29, 1.82) is 10.8 Å². The molecule has 4 aromatic rings. The molecular formula is C22H19N5O2. The summed E-state index contributed by atoms with van der Waals surface area (Å²) < 4.78 is 12.2. The fourth-order valence-corrected chi connectivity index (χ4v) is 2.96. The molecule has 0 saturated heterocycles. The predicted octanol–water partition coefficient (Wildman–Crippen LogP) is 3.78. The van der Waals surface area contributed by atoms with Gasteiger partial charge in [0.1, 0.15) is 22.8 Å². The number of ether oxygens (including phenoxy) is 2. The molecular weight excluding hydrogens is 366 g/mol. The van der Waals surface area contributed by atoms with Crippen molar-refractivity contribution < 1.29 is 9.47 Å². The summed E-state index contributed by atoms with van der Waals surface area (Å²) in [7, 11) is 1.59. The van der Waals surface area contributed by atoms with Crippen LogP contribution >= 0.6 is 0 Å². The lowest BCUT2D eigenvalue weighted by molar-refractivity contribution is 0.405. The van der Waals surface area contributed by atoms with E-state index in [1.54, 1.807) is 37.6 Å². The van der Waals surface area contributed by atoms with Gasteiger partial charge in [0.15, 0.2) is 0 Å². The van der Waals surface area contributed by atoms with Crippen LogP contribution in [0.4, 0.5) is 0 Å². The molecule has 2 aromatic carbocycles. The normalized spacial score (nSPS) is 10.7. The number of hydrogen-bond donors (Lipinski definition) is 2. The van der Waals surface area contributed by atoms with E-state index >= 15 is 0 Å². The average molecular weight is 385 g/mol. The summed E-state index contributed by atoms with van der Waals surface area (Å²) in [6.07, 6.45) is 2.08. The Balaban J connectivity index is 1.57. The smallest absolute Gasteiger partial charge is 0.237 e. The van der Waals surface area contributed by atoms with Gasteiger partial charge in [-0.2, -0.15) is 4.68 Å². The van der Waals surface area contributed by atoms with E-state index in [0.29, 0.717) is 23.8 Å². The lowest BCUT2D eigenvalue weighted by atomic mass is 10.1. The third-order valence-electron chi connectivity index (χ3n) is 4.37. The second kappa shape index (κ2) is 7.93. The first-order valence-corrected chi connectivity index (χ1v) is 9.01. The Hall–Kier alpha value is -4.00. The standard InChI is InChI=1S/C22H19N5O2/c1-28-17-5-2-6-18(14-17)29-22-10-9-20(23)27(26-22)21(24)13-15-7-8-19-16(12-15)4-3-11-25-19/h2-12,14,23-24H,13H2,1H3. The van der Waals surface area contributed by atoms with Crippen LogP contribution < -0.4 is 15.0 Å². The highest BCUT2D eigenvalue weighted by molar-refractivity contribution is 5.85. The Morgan fingerprint density at radius 1 is 1.00 bits per heavy atom. The average Bonchev–Trinajstić information content (AvgIpc) is 2.75. The SMILES string of the molecule is COc1cccc(Oc2ccc(=N)n(C(=N)Cc3ccc4ncccc4c3)n2)c1. The van der Waals surface area contributed by atoms with Gasteiger partial charge in [0.05, 0.1) is 12.6 Å². The summed E-state index contributed by atoms with van der Waals surface area (Å²) in [4.78, 5) is 4.31. The zero-order valence-corrected chi connectivity index (χ0v) is 15.8. The Labute approximate surface area is 167 Å². The lowest BCUT2D eigenvalue weighted by Crippen LogP contribution is -2.30. The zero-order chi connectivity index (χ0) is 20.2. The predicted molar refractivity (Wildman–Crippen MR) is 110 cm³/mol. The van der Waals surface area contributed by atoms with Crippen molar-refractivity contribution in [2.24, 2.45) is 0 Å². The number of nitrogens with zero attached hydrogens (tertiary/aromatic N) is 3. The molecule has 0 amide bonds. The molecule has 7 heteroatoms. The Kier molecular flexibility index (Phi) is 5.03. The highest BCUT2D eigenvalue weighted by atomic mass is 16.5. The van der Waals surface area contributed by atoms with E-state index in [-0.39, 0.29) is 11.3 Å². The molecule has 0 aliphatic carbocycles. The maximum atomic E-state index is 8.45. The first-order chi connectivity index (χ1) is 14.1. The number of fused-ring (bicyclic) bond motifs is 1. The summed E-state index contributed by atoms with van der Waals surface area (Å²) in [5.41, 5.74) is 1.96. The van der Waals surface area contributed by atoms with E-state index in [9.17, 15) is 0 Å². The van der Waals surface area contributed by atoms with Crippen LogP contribution in [0.3, 0.4) is 0 Å². The van der Waals surface area contributed by atoms with Crippen molar-refractivity contribution in [3.63, 3.8) is 0 Å². The third kappa shape index (κ3) is 4.14. The van der Waals surface area contributed by atoms with Crippen LogP contribution in [0.1, 0.15) is 5.56 Å². The zero-order valence-electron chi connectivity index (χ0n) is 15.8. The minimum absolute atomic E-state index is 0.107. The highest BCUT2D eigenvalue weighted by Crippen LogP contribution is 2.23. The molecule has 2 N–H and O–H groups in total. The minimum atomic E-state index is 0.107. The van der Waals surface area contributed by atoms with Crippen LogP contribution in [0.2, 0.25) is 0 Å². The molecule has 29 heavy (non-hydrogen) atoms. The molecule has 0 spiro atoms. The Morgan fingerprint density at radius 2 is 1.86 bits per heavy atom. The van der Waals surface area contributed by atoms with E-state index in [0.717, 1.165) is 16.5 Å². The second-order valence-electron chi connectivity index (χ2n) is 6.40. The summed E-state index contributed by atoms with van der Waals surface area (Å²) in [5.74, 6) is 1.71. The molecule has 7 nitrogen and oxygen atoms in total. The molecule has 0 radical (unpaired) electrons. The van der Waals surface area contributed by atoms with Gasteiger partial charge in [-0.3, -0.25) is 15.8 Å². The third-order valence-corrected chi connectivity index (χ3v) is 4.37. The molecule has 2 heterocycles. The summed E-state index contributed by atoms with van der Waals surface area (Å²) >= 11 is 0. The molecule has 0 saturated carbocycles. The topological polar surface area (TPSA) is 96.9 Å². The van der Waals surface area contributed by atoms with Gasteiger partial charge < -0.3 is 9.47 Å². The number of aromatic nitrogens is 3. The number of rotatable bonds is 5. The lowest BCUT2D eigenvalue weighted by Gasteiger charge is -2.11. The van der Waals surface area contributed by atoms with Crippen molar-refractivity contribution in [3.05, 3.63) is 84.0 Å². The van der Waals surface area contributed by atoms with Gasteiger partial charge in [-0.1, -0.05) is 18.2 Å². The maximum absolute atomic E-state index is 8.45. The molecule has 144 valence electrons. The van der Waals surface area contributed by atoms with Crippen molar-refractivity contribution in [2.75, 3.05) is 7.11 Å². The van der Waals surface area contributed by atoms with E-state index < -0.39 is 0 Å². The first kappa shape index (κ1) is 18.4. The van der Waals surface area contributed by atoms with Gasteiger partial charge in [0.25, 0.3) is 0 Å². The van der Waals surface area contributed by atoms with Crippen molar-refractivity contribution >= 4 is 16.7 Å². The first-order valence-electron chi connectivity index (χ1n) is 9.01. The van der Waals surface area contributed by atoms with Crippen LogP contribution in [0.15, 0.2) is 72.9 Å². The molecule has 2 aromatic heterocycles. The molecule has 0 unspecified atom stereocenters. The fourth-order valence-electron chi connectivity index (χ4n) is 2.96. The number of nitrogens with one attached hydrogen (secondary N) is 2. The molecule has 0 atom stereocenters. The Morgan fingerprint density at radius 3 is 2.72 bits per heavy atom.